The molecule has 0 atom stereocenters. The van der Waals surface area contributed by atoms with Crippen LogP contribution in [0, 0.1) is 0 Å². The van der Waals surface area contributed by atoms with Crippen LogP contribution in [0.25, 0.3) is 11.4 Å². The minimum absolute atomic E-state index is 0.208. The third kappa shape index (κ3) is 5.91. The molecule has 0 spiro atoms. The number of aromatic nitrogens is 3. The second-order valence-corrected chi connectivity index (χ2v) is 4.48. The van der Waals surface area contributed by atoms with Crippen LogP contribution in [0.2, 0.25) is 0 Å². The zero-order valence-electron chi connectivity index (χ0n) is 12.4. The molecule has 5 nitrogen and oxygen atoms in total. The van der Waals surface area contributed by atoms with Crippen LogP contribution >= 0.6 is 11.8 Å². The molecule has 6 heteroatoms. The molecule has 0 saturated heterocycles. The zero-order valence-corrected chi connectivity index (χ0v) is 13.3. The first-order chi connectivity index (χ1) is 10.3. The summed E-state index contributed by atoms with van der Waals surface area (Å²) in [5, 5.41) is 0.538. The molecule has 0 aromatic carbocycles. The molecule has 112 valence electrons. The van der Waals surface area contributed by atoms with E-state index in [4.69, 9.17) is 4.74 Å². The lowest BCUT2D eigenvalue weighted by Gasteiger charge is -2.03. The maximum atomic E-state index is 11.3. The van der Waals surface area contributed by atoms with Crippen molar-refractivity contribution >= 4 is 17.7 Å². The number of hydrogen-bond acceptors (Lipinski definition) is 6. The summed E-state index contributed by atoms with van der Waals surface area (Å²) < 4.78 is 4.85. The summed E-state index contributed by atoms with van der Waals surface area (Å²) in [7, 11) is 0. The van der Waals surface area contributed by atoms with Gasteiger partial charge in [0, 0.05) is 12.4 Å². The van der Waals surface area contributed by atoms with Crippen LogP contribution in [-0.2, 0) is 9.53 Å². The van der Waals surface area contributed by atoms with Gasteiger partial charge in [-0.2, -0.15) is 0 Å². The Hall–Kier alpha value is -1.95. The van der Waals surface area contributed by atoms with E-state index in [2.05, 4.69) is 15.0 Å². The summed E-state index contributed by atoms with van der Waals surface area (Å²) in [6, 6.07) is 7.41. The van der Waals surface area contributed by atoms with Gasteiger partial charge in [-0.15, -0.1) is 0 Å². The average molecular weight is 305 g/mol. The van der Waals surface area contributed by atoms with Crippen molar-refractivity contribution in [2.75, 3.05) is 12.4 Å². The quantitative estimate of drug-likeness (QED) is 0.480. The lowest BCUT2D eigenvalue weighted by atomic mass is 10.3. The number of esters is 1. The van der Waals surface area contributed by atoms with E-state index in [1.54, 1.807) is 25.4 Å². The molecule has 0 saturated carbocycles. The Morgan fingerprint density at radius 3 is 2.62 bits per heavy atom. The highest BCUT2D eigenvalue weighted by molar-refractivity contribution is 7.99. The maximum absolute atomic E-state index is 11.3. The molecule has 0 aliphatic heterocycles. The highest BCUT2D eigenvalue weighted by Gasteiger charge is 2.07. The van der Waals surface area contributed by atoms with Crippen LogP contribution in [0.3, 0.4) is 0 Å². The first kappa shape index (κ1) is 17.1. The number of carbonyl (C=O) groups is 1. The monoisotopic (exact) mass is 305 g/mol. The molecule has 0 radical (unpaired) electrons. The largest absolute Gasteiger partial charge is 0.465 e. The number of ether oxygens (including phenoxy) is 1. The minimum atomic E-state index is -0.265. The molecular weight excluding hydrogens is 286 g/mol. The highest BCUT2D eigenvalue weighted by Crippen LogP contribution is 2.18. The number of carbonyl (C=O) groups excluding carboxylic acids is 1. The third-order valence-corrected chi connectivity index (χ3v) is 3.02. The second-order valence-electron chi connectivity index (χ2n) is 3.53. The lowest BCUT2D eigenvalue weighted by molar-refractivity contribution is -0.139. The zero-order chi connectivity index (χ0) is 15.5. The van der Waals surface area contributed by atoms with E-state index in [1.807, 2.05) is 32.0 Å². The lowest BCUT2D eigenvalue weighted by Crippen LogP contribution is -2.07. The molecule has 21 heavy (non-hydrogen) atoms. The van der Waals surface area contributed by atoms with Crippen LogP contribution in [0.4, 0.5) is 0 Å². The third-order valence-electron chi connectivity index (χ3n) is 2.19. The maximum Gasteiger partial charge on any atom is 0.316 e. The van der Waals surface area contributed by atoms with Gasteiger partial charge in [-0.1, -0.05) is 31.7 Å². The molecule has 0 bridgehead atoms. The van der Waals surface area contributed by atoms with Crippen LogP contribution in [0.1, 0.15) is 20.8 Å². The Labute approximate surface area is 129 Å². The molecule has 0 aliphatic carbocycles. The second kappa shape index (κ2) is 9.88. The van der Waals surface area contributed by atoms with Gasteiger partial charge in [0.25, 0.3) is 0 Å². The highest BCUT2D eigenvalue weighted by atomic mass is 32.2. The Bertz CT molecular complexity index is 550. The van der Waals surface area contributed by atoms with Crippen LogP contribution in [0.15, 0.2) is 41.8 Å². The number of hydrogen-bond donors (Lipinski definition) is 0. The van der Waals surface area contributed by atoms with Crippen molar-refractivity contribution in [1.29, 1.82) is 0 Å². The summed E-state index contributed by atoms with van der Waals surface area (Å²) in [6.45, 7) is 6.16. The molecule has 0 unspecified atom stereocenters. The van der Waals surface area contributed by atoms with E-state index in [1.165, 1.54) is 11.8 Å². The number of rotatable bonds is 5. The molecule has 2 aromatic rings. The minimum Gasteiger partial charge on any atom is -0.465 e. The fourth-order valence-corrected chi connectivity index (χ4v) is 2.02. The van der Waals surface area contributed by atoms with Crippen LogP contribution in [0.5, 0.6) is 0 Å². The first-order valence-electron chi connectivity index (χ1n) is 6.82. The van der Waals surface area contributed by atoms with Gasteiger partial charge in [0.2, 0.25) is 0 Å². The van der Waals surface area contributed by atoms with Gasteiger partial charge < -0.3 is 4.74 Å². The predicted molar refractivity (Wildman–Crippen MR) is 84.0 cm³/mol. The van der Waals surface area contributed by atoms with Crippen molar-refractivity contribution in [1.82, 2.24) is 15.0 Å². The van der Waals surface area contributed by atoms with Crippen molar-refractivity contribution in [2.45, 2.75) is 25.9 Å². The number of pyridine rings is 1. The van der Waals surface area contributed by atoms with Crippen molar-refractivity contribution in [2.24, 2.45) is 0 Å². The van der Waals surface area contributed by atoms with E-state index in [9.17, 15) is 4.79 Å². The topological polar surface area (TPSA) is 65.0 Å². The smallest absolute Gasteiger partial charge is 0.316 e. The van der Waals surface area contributed by atoms with Gasteiger partial charge in [-0.3, -0.25) is 9.78 Å². The number of thioether (sulfide) groups is 1. The number of nitrogens with zero attached hydrogens (tertiary/aromatic N) is 3. The van der Waals surface area contributed by atoms with E-state index >= 15 is 0 Å². The van der Waals surface area contributed by atoms with Crippen molar-refractivity contribution in [3.63, 3.8) is 0 Å². The summed E-state index contributed by atoms with van der Waals surface area (Å²) in [5.74, 6) is -0.0567. The van der Waals surface area contributed by atoms with Crippen LogP contribution in [-0.4, -0.2) is 33.3 Å². The van der Waals surface area contributed by atoms with E-state index in [0.717, 1.165) is 11.4 Å². The van der Waals surface area contributed by atoms with Crippen molar-refractivity contribution < 1.29 is 9.53 Å². The fourth-order valence-electron chi connectivity index (χ4n) is 1.39. The normalized spacial score (nSPS) is 9.48. The Kier molecular flexibility index (Phi) is 8.04. The summed E-state index contributed by atoms with van der Waals surface area (Å²) >= 11 is 1.25. The summed E-state index contributed by atoms with van der Waals surface area (Å²) in [5.41, 5.74) is 1.52. The molecule has 2 rings (SSSR count). The summed E-state index contributed by atoms with van der Waals surface area (Å²) in [4.78, 5) is 24.0. The van der Waals surface area contributed by atoms with Crippen molar-refractivity contribution in [3.8, 4) is 11.4 Å². The van der Waals surface area contributed by atoms with E-state index < -0.39 is 0 Å². The molecule has 0 fully saturated rings. The predicted octanol–water partition coefficient (Wildman–Crippen LogP) is 3.22. The molecule has 2 aromatic heterocycles. The molecule has 0 amide bonds. The molecule has 2 heterocycles. The first-order valence-corrected chi connectivity index (χ1v) is 7.81. The molecule has 0 N–H and O–H groups in total. The van der Waals surface area contributed by atoms with Gasteiger partial charge in [0.05, 0.1) is 23.7 Å². The summed E-state index contributed by atoms with van der Waals surface area (Å²) in [6.07, 6.45) is 3.37. The van der Waals surface area contributed by atoms with Gasteiger partial charge in [0.15, 0.2) is 5.16 Å². The van der Waals surface area contributed by atoms with Crippen molar-refractivity contribution in [3.05, 3.63) is 36.7 Å². The Morgan fingerprint density at radius 2 is 1.95 bits per heavy atom. The Balaban J connectivity index is 0.00000106. The van der Waals surface area contributed by atoms with E-state index in [0.29, 0.717) is 11.8 Å². The standard InChI is InChI=1S/C13H13N3O2S.C2H6/c1-2-18-12(17)9-19-13-15-8-6-11(16-13)10-5-3-4-7-14-10;1-2/h3-8H,2,9H2,1H3;1-2H3. The fraction of sp³-hybridized carbons (Fsp3) is 0.333. The Morgan fingerprint density at radius 1 is 1.14 bits per heavy atom. The van der Waals surface area contributed by atoms with Gasteiger partial charge in [-0.05, 0) is 25.1 Å². The van der Waals surface area contributed by atoms with Crippen LogP contribution < -0.4 is 0 Å². The van der Waals surface area contributed by atoms with Gasteiger partial charge in [-0.25, -0.2) is 9.97 Å². The SMILES string of the molecule is CC.CCOC(=O)CSc1nccc(-c2ccccn2)n1. The molecule has 0 aliphatic rings. The average Bonchev–Trinajstić information content (AvgIpc) is 2.56. The van der Waals surface area contributed by atoms with E-state index in [-0.39, 0.29) is 11.7 Å². The van der Waals surface area contributed by atoms with Gasteiger partial charge in [0.1, 0.15) is 0 Å². The van der Waals surface area contributed by atoms with Gasteiger partial charge >= 0.3 is 5.97 Å². The molecular formula is C15H19N3O2S.